The predicted molar refractivity (Wildman–Crippen MR) is 67.8 cm³/mol. The summed E-state index contributed by atoms with van der Waals surface area (Å²) in [4.78, 5) is 12.0. The molecule has 0 aromatic heterocycles. The molecule has 0 atom stereocenters. The molecule has 2 nitrogen and oxygen atoms in total. The zero-order valence-electron chi connectivity index (χ0n) is 10.2. The summed E-state index contributed by atoms with van der Waals surface area (Å²) in [5.41, 5.74) is -0.639. The average Bonchev–Trinajstić information content (AvgIpc) is 2.42. The van der Waals surface area contributed by atoms with Crippen LogP contribution in [0.3, 0.4) is 0 Å². The van der Waals surface area contributed by atoms with E-state index in [1.165, 1.54) is 19.2 Å². The Morgan fingerprint density at radius 3 is 2.35 bits per heavy atom. The van der Waals surface area contributed by atoms with E-state index >= 15 is 0 Å². The number of halogens is 4. The minimum absolute atomic E-state index is 0.0516. The molecule has 0 aliphatic heterocycles. The molecule has 2 aromatic rings. The van der Waals surface area contributed by atoms with E-state index in [2.05, 4.69) is 0 Å². The van der Waals surface area contributed by atoms with Gasteiger partial charge in [-0.1, -0.05) is 11.6 Å². The second-order valence-electron chi connectivity index (χ2n) is 3.92. The van der Waals surface area contributed by atoms with E-state index in [0.29, 0.717) is 12.1 Å². The zero-order chi connectivity index (χ0) is 14.9. The van der Waals surface area contributed by atoms with Gasteiger partial charge in [0, 0.05) is 5.56 Å². The lowest BCUT2D eigenvalue weighted by molar-refractivity contribution is 0.103. The normalized spacial score (nSPS) is 10.4. The van der Waals surface area contributed by atoms with Gasteiger partial charge in [0.2, 0.25) is 0 Å². The maximum absolute atomic E-state index is 13.6. The highest BCUT2D eigenvalue weighted by Gasteiger charge is 2.18. The van der Waals surface area contributed by atoms with Crippen molar-refractivity contribution >= 4 is 17.4 Å². The molecule has 0 fully saturated rings. The Morgan fingerprint density at radius 2 is 1.75 bits per heavy atom. The fourth-order valence-electron chi connectivity index (χ4n) is 1.66. The standard InChI is InChI=1S/C14H8ClF3O2/c1-20-13-3-2-7(4-12(13)18)14(19)8-5-11(17)9(15)6-10(8)16/h2-6H,1H3. The Morgan fingerprint density at radius 1 is 1.05 bits per heavy atom. The molecule has 0 spiro atoms. The summed E-state index contributed by atoms with van der Waals surface area (Å²) in [6.07, 6.45) is 0. The van der Waals surface area contributed by atoms with Crippen LogP contribution in [-0.4, -0.2) is 12.9 Å². The Balaban J connectivity index is 2.46. The lowest BCUT2D eigenvalue weighted by Crippen LogP contribution is -2.06. The Kier molecular flexibility index (Phi) is 3.99. The van der Waals surface area contributed by atoms with Gasteiger partial charge in [0.15, 0.2) is 17.3 Å². The predicted octanol–water partition coefficient (Wildman–Crippen LogP) is 4.00. The third kappa shape index (κ3) is 2.63. The minimum Gasteiger partial charge on any atom is -0.494 e. The number of carbonyl (C=O) groups is 1. The first-order valence-corrected chi connectivity index (χ1v) is 5.84. The Hall–Kier alpha value is -2.01. The van der Waals surface area contributed by atoms with Crippen molar-refractivity contribution in [3.05, 3.63) is 63.9 Å². The monoisotopic (exact) mass is 300 g/mol. The molecule has 6 heteroatoms. The number of hydrogen-bond acceptors (Lipinski definition) is 2. The van der Waals surface area contributed by atoms with Gasteiger partial charge in [0.05, 0.1) is 17.7 Å². The molecule has 2 rings (SSSR count). The van der Waals surface area contributed by atoms with Crippen molar-refractivity contribution in [1.29, 1.82) is 0 Å². The van der Waals surface area contributed by atoms with Crippen molar-refractivity contribution in [3.63, 3.8) is 0 Å². The molecule has 0 radical (unpaired) electrons. The third-order valence-electron chi connectivity index (χ3n) is 2.67. The number of ketones is 1. The highest BCUT2D eigenvalue weighted by atomic mass is 35.5. The van der Waals surface area contributed by atoms with E-state index in [1.807, 2.05) is 0 Å². The SMILES string of the molecule is COc1ccc(C(=O)c2cc(F)c(Cl)cc2F)cc1F. The van der Waals surface area contributed by atoms with Crippen molar-refractivity contribution < 1.29 is 22.7 Å². The van der Waals surface area contributed by atoms with Crippen LogP contribution in [0.15, 0.2) is 30.3 Å². The second kappa shape index (κ2) is 5.54. The van der Waals surface area contributed by atoms with E-state index in [1.54, 1.807) is 0 Å². The van der Waals surface area contributed by atoms with Crippen molar-refractivity contribution in [2.24, 2.45) is 0 Å². The number of rotatable bonds is 3. The van der Waals surface area contributed by atoms with Gasteiger partial charge in [-0.3, -0.25) is 4.79 Å². The molecule has 0 saturated heterocycles. The van der Waals surface area contributed by atoms with Crippen molar-refractivity contribution in [2.75, 3.05) is 7.11 Å². The van der Waals surface area contributed by atoms with Crippen LogP contribution in [0.4, 0.5) is 13.2 Å². The van der Waals surface area contributed by atoms with E-state index in [4.69, 9.17) is 16.3 Å². The van der Waals surface area contributed by atoms with Gasteiger partial charge in [-0.05, 0) is 30.3 Å². The van der Waals surface area contributed by atoms with Crippen LogP contribution in [0.2, 0.25) is 5.02 Å². The van der Waals surface area contributed by atoms with Gasteiger partial charge in [0.1, 0.15) is 11.6 Å². The second-order valence-corrected chi connectivity index (χ2v) is 4.33. The molecule has 0 unspecified atom stereocenters. The maximum atomic E-state index is 13.6. The zero-order valence-corrected chi connectivity index (χ0v) is 11.0. The van der Waals surface area contributed by atoms with Gasteiger partial charge in [-0.25, -0.2) is 13.2 Å². The summed E-state index contributed by atoms with van der Waals surface area (Å²) in [6, 6.07) is 4.77. The molecule has 0 amide bonds. The smallest absolute Gasteiger partial charge is 0.196 e. The average molecular weight is 301 g/mol. The molecule has 0 bridgehead atoms. The van der Waals surface area contributed by atoms with Gasteiger partial charge in [-0.15, -0.1) is 0 Å². The topological polar surface area (TPSA) is 26.3 Å². The first kappa shape index (κ1) is 14.4. The fourth-order valence-corrected chi connectivity index (χ4v) is 1.81. The highest BCUT2D eigenvalue weighted by molar-refractivity contribution is 6.30. The molecule has 0 saturated carbocycles. The Bertz CT molecular complexity index is 686. The summed E-state index contributed by atoms with van der Waals surface area (Å²) < 4.78 is 45.1. The van der Waals surface area contributed by atoms with Crippen LogP contribution >= 0.6 is 11.6 Å². The van der Waals surface area contributed by atoms with Crippen molar-refractivity contribution in [2.45, 2.75) is 0 Å². The van der Waals surface area contributed by atoms with Crippen LogP contribution in [0.5, 0.6) is 5.75 Å². The maximum Gasteiger partial charge on any atom is 0.196 e. The number of methoxy groups -OCH3 is 1. The van der Waals surface area contributed by atoms with Crippen molar-refractivity contribution in [3.8, 4) is 5.75 Å². The quantitative estimate of drug-likeness (QED) is 0.633. The largest absolute Gasteiger partial charge is 0.494 e. The molecule has 0 N–H and O–H groups in total. The molecular formula is C14H8ClF3O2. The van der Waals surface area contributed by atoms with Crippen LogP contribution in [-0.2, 0) is 0 Å². The van der Waals surface area contributed by atoms with E-state index in [0.717, 1.165) is 6.07 Å². The number of carbonyl (C=O) groups excluding carboxylic acids is 1. The fraction of sp³-hybridized carbons (Fsp3) is 0.0714. The van der Waals surface area contributed by atoms with Gasteiger partial charge in [-0.2, -0.15) is 0 Å². The first-order valence-electron chi connectivity index (χ1n) is 5.47. The summed E-state index contributed by atoms with van der Waals surface area (Å²) in [6.45, 7) is 0. The van der Waals surface area contributed by atoms with Gasteiger partial charge in [0.25, 0.3) is 0 Å². The summed E-state index contributed by atoms with van der Waals surface area (Å²) in [7, 11) is 1.27. The van der Waals surface area contributed by atoms with E-state index < -0.39 is 33.8 Å². The number of hydrogen-bond donors (Lipinski definition) is 0. The molecule has 2 aromatic carbocycles. The molecule has 0 aliphatic rings. The Labute approximate surface area is 117 Å². The first-order chi connectivity index (χ1) is 9.43. The highest BCUT2D eigenvalue weighted by Crippen LogP contribution is 2.24. The lowest BCUT2D eigenvalue weighted by Gasteiger charge is -2.06. The van der Waals surface area contributed by atoms with Gasteiger partial charge >= 0.3 is 0 Å². The van der Waals surface area contributed by atoms with E-state index in [9.17, 15) is 18.0 Å². The number of ether oxygens (including phenoxy) is 1. The van der Waals surface area contributed by atoms with Crippen LogP contribution in [0.1, 0.15) is 15.9 Å². The van der Waals surface area contributed by atoms with Crippen molar-refractivity contribution in [1.82, 2.24) is 0 Å². The molecule has 20 heavy (non-hydrogen) atoms. The summed E-state index contributed by atoms with van der Waals surface area (Å²) in [5, 5.41) is -0.431. The summed E-state index contributed by atoms with van der Waals surface area (Å²) >= 11 is 5.40. The van der Waals surface area contributed by atoms with Gasteiger partial charge < -0.3 is 4.74 Å². The molecule has 0 heterocycles. The van der Waals surface area contributed by atoms with Crippen LogP contribution in [0, 0.1) is 17.5 Å². The molecule has 104 valence electrons. The molecule has 0 aliphatic carbocycles. The van der Waals surface area contributed by atoms with E-state index in [-0.39, 0.29) is 11.3 Å². The van der Waals surface area contributed by atoms with Crippen LogP contribution < -0.4 is 4.74 Å². The molecular weight excluding hydrogens is 293 g/mol. The number of benzene rings is 2. The minimum atomic E-state index is -0.974. The third-order valence-corrected chi connectivity index (χ3v) is 2.96. The lowest BCUT2D eigenvalue weighted by atomic mass is 10.0. The summed E-state index contributed by atoms with van der Waals surface area (Å²) in [5.74, 6) is -3.57. The van der Waals surface area contributed by atoms with Crippen LogP contribution in [0.25, 0.3) is 0 Å².